The number of alkyl halides is 3. The standard InChI is InChI=1S/C11H8F4N2/c1-17-6-8(10(16-17)11(13,14)15)7-4-2-3-5-9(7)12/h2-6H,1H3. The van der Waals surface area contributed by atoms with Crippen molar-refractivity contribution in [2.45, 2.75) is 6.18 Å². The largest absolute Gasteiger partial charge is 0.435 e. The van der Waals surface area contributed by atoms with Crippen molar-refractivity contribution in [3.63, 3.8) is 0 Å². The fraction of sp³-hybridized carbons (Fsp3) is 0.182. The molecule has 2 rings (SSSR count). The lowest BCUT2D eigenvalue weighted by molar-refractivity contribution is -0.140. The molecule has 90 valence electrons. The Morgan fingerprint density at radius 1 is 1.12 bits per heavy atom. The monoisotopic (exact) mass is 244 g/mol. The molecule has 0 unspecified atom stereocenters. The van der Waals surface area contributed by atoms with Crippen LogP contribution in [0.2, 0.25) is 0 Å². The van der Waals surface area contributed by atoms with Gasteiger partial charge in [0.05, 0.1) is 0 Å². The highest BCUT2D eigenvalue weighted by atomic mass is 19.4. The molecule has 0 atom stereocenters. The van der Waals surface area contributed by atoms with Crippen LogP contribution in [0.25, 0.3) is 11.1 Å². The molecule has 0 radical (unpaired) electrons. The van der Waals surface area contributed by atoms with E-state index in [9.17, 15) is 17.6 Å². The van der Waals surface area contributed by atoms with E-state index in [1.54, 1.807) is 0 Å². The highest BCUT2D eigenvalue weighted by Crippen LogP contribution is 2.36. The Hall–Kier alpha value is -1.85. The molecule has 0 saturated heterocycles. The van der Waals surface area contributed by atoms with E-state index in [4.69, 9.17) is 0 Å². The summed E-state index contributed by atoms with van der Waals surface area (Å²) < 4.78 is 52.5. The molecule has 2 nitrogen and oxygen atoms in total. The number of aryl methyl sites for hydroxylation is 1. The van der Waals surface area contributed by atoms with Gasteiger partial charge in [0.1, 0.15) is 5.82 Å². The summed E-state index contributed by atoms with van der Waals surface area (Å²) in [7, 11) is 1.36. The third kappa shape index (κ3) is 2.15. The van der Waals surface area contributed by atoms with Crippen LogP contribution >= 0.6 is 0 Å². The summed E-state index contributed by atoms with van der Waals surface area (Å²) in [5.74, 6) is -0.703. The molecule has 0 amide bonds. The van der Waals surface area contributed by atoms with E-state index in [-0.39, 0.29) is 11.1 Å². The number of benzene rings is 1. The van der Waals surface area contributed by atoms with Crippen molar-refractivity contribution < 1.29 is 17.6 Å². The second-order valence-corrected chi connectivity index (χ2v) is 3.54. The maximum Gasteiger partial charge on any atom is 0.435 e. The lowest BCUT2D eigenvalue weighted by atomic mass is 10.1. The number of hydrogen-bond acceptors (Lipinski definition) is 1. The normalized spacial score (nSPS) is 11.8. The second kappa shape index (κ2) is 3.87. The Morgan fingerprint density at radius 2 is 1.76 bits per heavy atom. The van der Waals surface area contributed by atoms with Gasteiger partial charge in [0.25, 0.3) is 0 Å². The average molecular weight is 244 g/mol. The first kappa shape index (κ1) is 11.6. The molecule has 0 aliphatic rings. The van der Waals surface area contributed by atoms with Crippen LogP contribution in [0.1, 0.15) is 5.69 Å². The van der Waals surface area contributed by atoms with Gasteiger partial charge in [-0.15, -0.1) is 0 Å². The predicted molar refractivity (Wildman–Crippen MR) is 53.6 cm³/mol. The van der Waals surface area contributed by atoms with E-state index >= 15 is 0 Å². The van der Waals surface area contributed by atoms with Gasteiger partial charge in [0, 0.05) is 24.4 Å². The Kier molecular flexibility index (Phi) is 2.65. The van der Waals surface area contributed by atoms with Crippen LogP contribution < -0.4 is 0 Å². The van der Waals surface area contributed by atoms with Gasteiger partial charge in [-0.05, 0) is 6.07 Å². The number of halogens is 4. The van der Waals surface area contributed by atoms with Gasteiger partial charge >= 0.3 is 6.18 Å². The van der Waals surface area contributed by atoms with Gasteiger partial charge in [0.2, 0.25) is 0 Å². The molecule has 0 bridgehead atoms. The maximum absolute atomic E-state index is 13.4. The molecule has 2 aromatic rings. The van der Waals surface area contributed by atoms with Crippen molar-refractivity contribution in [1.82, 2.24) is 9.78 Å². The van der Waals surface area contributed by atoms with E-state index < -0.39 is 17.7 Å². The first-order valence-corrected chi connectivity index (χ1v) is 4.75. The van der Waals surface area contributed by atoms with Gasteiger partial charge in [-0.2, -0.15) is 18.3 Å². The van der Waals surface area contributed by atoms with Crippen LogP contribution in [-0.2, 0) is 13.2 Å². The second-order valence-electron chi connectivity index (χ2n) is 3.54. The zero-order chi connectivity index (χ0) is 12.6. The minimum Gasteiger partial charge on any atom is -0.275 e. The molecule has 1 aromatic carbocycles. The molecule has 1 heterocycles. The van der Waals surface area contributed by atoms with Gasteiger partial charge in [0.15, 0.2) is 5.69 Å². The Balaban J connectivity index is 2.64. The van der Waals surface area contributed by atoms with E-state index in [0.29, 0.717) is 0 Å². The Bertz CT molecular complexity index is 543. The highest BCUT2D eigenvalue weighted by molar-refractivity contribution is 5.66. The van der Waals surface area contributed by atoms with Crippen molar-refractivity contribution in [2.75, 3.05) is 0 Å². The van der Waals surface area contributed by atoms with Crippen LogP contribution in [0.3, 0.4) is 0 Å². The summed E-state index contributed by atoms with van der Waals surface area (Å²) in [6, 6.07) is 5.30. The molecular weight excluding hydrogens is 236 g/mol. The molecule has 0 aliphatic carbocycles. The van der Waals surface area contributed by atoms with E-state index in [2.05, 4.69) is 5.10 Å². The summed E-state index contributed by atoms with van der Waals surface area (Å²) in [6.07, 6.45) is -3.44. The maximum atomic E-state index is 13.4. The molecule has 0 fully saturated rings. The smallest absolute Gasteiger partial charge is 0.275 e. The molecule has 1 aromatic heterocycles. The van der Waals surface area contributed by atoms with Crippen molar-refractivity contribution in [1.29, 1.82) is 0 Å². The van der Waals surface area contributed by atoms with Crippen molar-refractivity contribution in [3.8, 4) is 11.1 Å². The summed E-state index contributed by atoms with van der Waals surface area (Å²) >= 11 is 0. The lowest BCUT2D eigenvalue weighted by Gasteiger charge is -2.06. The molecule has 17 heavy (non-hydrogen) atoms. The molecule has 0 aliphatic heterocycles. The number of nitrogens with zero attached hydrogens (tertiary/aromatic N) is 2. The zero-order valence-electron chi connectivity index (χ0n) is 8.79. The fourth-order valence-electron chi connectivity index (χ4n) is 1.57. The summed E-state index contributed by atoms with van der Waals surface area (Å²) in [6.45, 7) is 0. The number of aromatic nitrogens is 2. The fourth-order valence-corrected chi connectivity index (χ4v) is 1.57. The quantitative estimate of drug-likeness (QED) is 0.704. The summed E-state index contributed by atoms with van der Waals surface area (Å²) in [5.41, 5.74) is -1.43. The third-order valence-corrected chi connectivity index (χ3v) is 2.26. The van der Waals surface area contributed by atoms with E-state index in [1.807, 2.05) is 0 Å². The third-order valence-electron chi connectivity index (χ3n) is 2.26. The molecule has 0 N–H and O–H groups in total. The molecule has 0 spiro atoms. The topological polar surface area (TPSA) is 17.8 Å². The number of rotatable bonds is 1. The summed E-state index contributed by atoms with van der Waals surface area (Å²) in [4.78, 5) is 0. The summed E-state index contributed by atoms with van der Waals surface area (Å²) in [5, 5.41) is 3.32. The Morgan fingerprint density at radius 3 is 2.35 bits per heavy atom. The first-order chi connectivity index (χ1) is 7.89. The lowest BCUT2D eigenvalue weighted by Crippen LogP contribution is -2.08. The van der Waals surface area contributed by atoms with Crippen LogP contribution in [0.5, 0.6) is 0 Å². The first-order valence-electron chi connectivity index (χ1n) is 4.75. The van der Waals surface area contributed by atoms with Crippen molar-refractivity contribution >= 4 is 0 Å². The number of hydrogen-bond donors (Lipinski definition) is 0. The van der Waals surface area contributed by atoms with Gasteiger partial charge in [-0.1, -0.05) is 18.2 Å². The minimum atomic E-state index is -4.60. The molecule has 6 heteroatoms. The van der Waals surface area contributed by atoms with Crippen molar-refractivity contribution in [3.05, 3.63) is 42.0 Å². The molecular formula is C11H8F4N2. The molecule has 0 saturated carbocycles. The van der Waals surface area contributed by atoms with Gasteiger partial charge < -0.3 is 0 Å². The van der Waals surface area contributed by atoms with E-state index in [0.717, 1.165) is 16.9 Å². The van der Waals surface area contributed by atoms with Crippen molar-refractivity contribution in [2.24, 2.45) is 7.05 Å². The van der Waals surface area contributed by atoms with Crippen LogP contribution in [-0.4, -0.2) is 9.78 Å². The Labute approximate surface area is 94.5 Å². The van der Waals surface area contributed by atoms with Gasteiger partial charge in [-0.25, -0.2) is 4.39 Å². The van der Waals surface area contributed by atoms with Crippen LogP contribution in [0.15, 0.2) is 30.5 Å². The predicted octanol–water partition coefficient (Wildman–Crippen LogP) is 3.25. The minimum absolute atomic E-state index is 0.104. The average Bonchev–Trinajstić information content (AvgIpc) is 2.60. The van der Waals surface area contributed by atoms with Gasteiger partial charge in [-0.3, -0.25) is 4.68 Å². The van der Waals surface area contributed by atoms with Crippen LogP contribution in [0, 0.1) is 5.82 Å². The highest BCUT2D eigenvalue weighted by Gasteiger charge is 2.37. The van der Waals surface area contributed by atoms with E-state index in [1.165, 1.54) is 25.2 Å². The van der Waals surface area contributed by atoms with Crippen LogP contribution in [0.4, 0.5) is 17.6 Å². The zero-order valence-corrected chi connectivity index (χ0v) is 8.79. The SMILES string of the molecule is Cn1cc(-c2ccccc2F)c(C(F)(F)F)n1.